The number of aliphatic carboxylic acids is 4. The molecule has 0 aliphatic carbocycles. The summed E-state index contributed by atoms with van der Waals surface area (Å²) in [6.45, 7) is -2.13. The van der Waals surface area contributed by atoms with E-state index in [1.54, 1.807) is 0 Å². The first kappa shape index (κ1) is 31.5. The number of ketones is 1. The van der Waals surface area contributed by atoms with Crippen LogP contribution in [0.3, 0.4) is 0 Å². The van der Waals surface area contributed by atoms with E-state index in [1.165, 1.54) is 4.90 Å². The molecule has 0 radical (unpaired) electrons. The molecule has 0 bridgehead atoms. The Hall–Kier alpha value is -4.49. The number of nitrogens with zero attached hydrogens (tertiary/aromatic N) is 5. The van der Waals surface area contributed by atoms with Gasteiger partial charge < -0.3 is 20.4 Å². The lowest BCUT2D eigenvalue weighted by atomic mass is 10.2. The van der Waals surface area contributed by atoms with Gasteiger partial charge in [-0.25, -0.2) is 0 Å². The van der Waals surface area contributed by atoms with Crippen molar-refractivity contribution >= 4 is 41.5 Å². The number of carbonyl (C=O) groups excluding carboxylic acids is 3. The maximum Gasteiger partial charge on any atom is 0.317 e. The number of carboxylic acid groups (broad SMARTS) is 4. The lowest BCUT2D eigenvalue weighted by Gasteiger charge is -2.28. The fourth-order valence-electron chi connectivity index (χ4n) is 3.09. The molecule has 0 saturated carbocycles. The molecule has 0 atom stereocenters. The van der Waals surface area contributed by atoms with Crippen molar-refractivity contribution in [1.82, 2.24) is 41.0 Å². The molecular weight excluding hydrogens is 516 g/mol. The number of hydrogen-bond donors (Lipinski definition) is 7. The first-order valence-electron chi connectivity index (χ1n) is 10.8. The van der Waals surface area contributed by atoms with Crippen molar-refractivity contribution in [2.75, 3.05) is 58.9 Å². The lowest BCUT2D eigenvalue weighted by molar-refractivity contribution is -0.143. The highest BCUT2D eigenvalue weighted by Gasteiger charge is 2.22. The quantitative estimate of drug-likeness (QED) is 0.0685. The van der Waals surface area contributed by atoms with E-state index in [9.17, 15) is 33.6 Å². The number of carbonyl (C=O) groups is 7. The minimum absolute atomic E-state index is 0.0757. The first-order valence-corrected chi connectivity index (χ1v) is 10.8. The van der Waals surface area contributed by atoms with Crippen molar-refractivity contribution in [2.45, 2.75) is 6.92 Å². The molecule has 19 nitrogen and oxygen atoms in total. The van der Waals surface area contributed by atoms with Crippen LogP contribution in [-0.4, -0.2) is 151 Å². The van der Waals surface area contributed by atoms with Crippen molar-refractivity contribution in [3.05, 3.63) is 11.4 Å². The summed E-state index contributed by atoms with van der Waals surface area (Å²) < 4.78 is 0. The van der Waals surface area contributed by atoms with E-state index in [0.717, 1.165) is 16.7 Å². The minimum Gasteiger partial charge on any atom is -0.480 e. The molecule has 19 heteroatoms. The number of aromatic nitrogens is 3. The molecular formula is C19H28N8O11. The summed E-state index contributed by atoms with van der Waals surface area (Å²) in [7, 11) is 0. The van der Waals surface area contributed by atoms with Gasteiger partial charge in [-0.05, 0) is 0 Å². The van der Waals surface area contributed by atoms with E-state index in [4.69, 9.17) is 20.4 Å². The van der Waals surface area contributed by atoms with Gasteiger partial charge in [-0.2, -0.15) is 10.3 Å². The van der Waals surface area contributed by atoms with Gasteiger partial charge >= 0.3 is 23.9 Å². The van der Waals surface area contributed by atoms with Crippen LogP contribution in [-0.2, 0) is 24.0 Å². The molecule has 0 saturated heterocycles. The molecule has 0 aromatic carbocycles. The van der Waals surface area contributed by atoms with E-state index in [-0.39, 0.29) is 37.6 Å². The molecule has 0 aliphatic heterocycles. The second-order valence-corrected chi connectivity index (χ2v) is 7.85. The smallest absolute Gasteiger partial charge is 0.317 e. The van der Waals surface area contributed by atoms with Gasteiger partial charge in [-0.1, -0.05) is 0 Å². The lowest BCUT2D eigenvalue weighted by Crippen LogP contribution is -2.50. The van der Waals surface area contributed by atoms with Crippen LogP contribution in [0, 0.1) is 0 Å². The Morgan fingerprint density at radius 1 is 0.632 bits per heavy atom. The Morgan fingerprint density at radius 3 is 1.42 bits per heavy atom. The highest BCUT2D eigenvalue weighted by Crippen LogP contribution is 2.01. The zero-order chi connectivity index (χ0) is 28.8. The van der Waals surface area contributed by atoms with Crippen molar-refractivity contribution in [3.8, 4) is 0 Å². The predicted molar refractivity (Wildman–Crippen MR) is 122 cm³/mol. The van der Waals surface area contributed by atoms with Crippen molar-refractivity contribution in [1.29, 1.82) is 0 Å². The Balaban J connectivity index is 2.88. The Bertz CT molecular complexity index is 972. The highest BCUT2D eigenvalue weighted by atomic mass is 16.4. The van der Waals surface area contributed by atoms with Crippen LogP contribution in [0.2, 0.25) is 0 Å². The van der Waals surface area contributed by atoms with Crippen LogP contribution in [0.1, 0.15) is 27.9 Å². The van der Waals surface area contributed by atoms with E-state index in [2.05, 4.69) is 20.8 Å². The molecule has 1 aromatic heterocycles. The summed E-state index contributed by atoms with van der Waals surface area (Å²) in [4.78, 5) is 83.9. The van der Waals surface area contributed by atoms with Crippen molar-refractivity contribution in [2.24, 2.45) is 0 Å². The average molecular weight is 544 g/mol. The standard InChI is InChI=1S/C19H28N8O11/c1-11(28)17-18(22-24-21-17)19(38)23-20-12(29)6-25(2-4-26(7-13(30)31)8-14(32)33)3-5-27(9-15(34)35)10-16(36)37/h2-10H2,1H3,(H,20,29)(H,23,38)(H,30,31)(H,32,33)(H,34,35)(H,36,37)(H,21,22,24). The topological polar surface area (TPSA) is 276 Å². The second-order valence-electron chi connectivity index (χ2n) is 7.85. The van der Waals surface area contributed by atoms with Gasteiger partial charge in [0.05, 0.1) is 32.7 Å². The second kappa shape index (κ2) is 15.6. The third-order valence-electron chi connectivity index (χ3n) is 4.68. The molecule has 0 unspecified atom stereocenters. The zero-order valence-corrected chi connectivity index (χ0v) is 20.2. The maximum atomic E-state index is 12.5. The van der Waals surface area contributed by atoms with Crippen LogP contribution in [0.15, 0.2) is 0 Å². The summed E-state index contributed by atoms with van der Waals surface area (Å²) in [5.41, 5.74) is 3.52. The predicted octanol–water partition coefficient (Wildman–Crippen LogP) is -3.99. The number of H-pyrrole nitrogens is 1. The van der Waals surface area contributed by atoms with Crippen LogP contribution in [0.4, 0.5) is 0 Å². The number of nitrogens with one attached hydrogen (secondary N) is 3. The Kier molecular flexibility index (Phi) is 12.9. The molecule has 2 amide bonds. The summed E-state index contributed by atoms with van der Waals surface area (Å²) in [6, 6.07) is 0. The largest absolute Gasteiger partial charge is 0.480 e. The van der Waals surface area contributed by atoms with Gasteiger partial charge in [-0.3, -0.25) is 59.1 Å². The van der Waals surface area contributed by atoms with Gasteiger partial charge in [0.1, 0.15) is 0 Å². The summed E-state index contributed by atoms with van der Waals surface area (Å²) in [6.07, 6.45) is 0. The monoisotopic (exact) mass is 544 g/mol. The van der Waals surface area contributed by atoms with E-state index < -0.39 is 74.2 Å². The highest BCUT2D eigenvalue weighted by molar-refractivity contribution is 6.04. The summed E-state index contributed by atoms with van der Waals surface area (Å²) >= 11 is 0. The average Bonchev–Trinajstić information content (AvgIpc) is 3.28. The fraction of sp³-hybridized carbons (Fsp3) is 0.526. The van der Waals surface area contributed by atoms with E-state index in [1.807, 2.05) is 5.43 Å². The van der Waals surface area contributed by atoms with E-state index in [0.29, 0.717) is 0 Å². The van der Waals surface area contributed by atoms with Gasteiger partial charge in [0.25, 0.3) is 11.8 Å². The number of aromatic amines is 1. The Labute approximate surface area is 214 Å². The molecule has 1 rings (SSSR count). The number of Topliss-reactive ketones (excluding diaryl/α,β-unsaturated/α-hetero) is 1. The number of hydrogen-bond acceptors (Lipinski definition) is 12. The number of amides is 2. The van der Waals surface area contributed by atoms with Gasteiger partial charge in [0, 0.05) is 33.1 Å². The first-order chi connectivity index (χ1) is 17.8. The number of carboxylic acids is 4. The van der Waals surface area contributed by atoms with E-state index >= 15 is 0 Å². The van der Waals surface area contributed by atoms with Crippen LogP contribution < -0.4 is 10.9 Å². The van der Waals surface area contributed by atoms with Crippen LogP contribution in [0.25, 0.3) is 0 Å². The van der Waals surface area contributed by atoms with Crippen LogP contribution in [0.5, 0.6) is 0 Å². The number of rotatable bonds is 18. The summed E-state index contributed by atoms with van der Waals surface area (Å²) in [5, 5.41) is 45.2. The molecule has 1 aromatic rings. The molecule has 7 N–H and O–H groups in total. The maximum absolute atomic E-state index is 12.5. The SMILES string of the molecule is CC(=O)c1n[nH]nc1C(=O)NNC(=O)CN(CCN(CC(=O)O)CC(=O)O)CCN(CC(=O)O)CC(=O)O. The molecule has 38 heavy (non-hydrogen) atoms. The minimum atomic E-state index is -1.29. The molecule has 210 valence electrons. The third kappa shape index (κ3) is 12.5. The molecule has 0 aliphatic rings. The van der Waals surface area contributed by atoms with Crippen molar-refractivity contribution < 1.29 is 54.0 Å². The van der Waals surface area contributed by atoms with Crippen LogP contribution >= 0.6 is 0 Å². The van der Waals surface area contributed by atoms with Gasteiger partial charge in [0.2, 0.25) is 0 Å². The van der Waals surface area contributed by atoms with Crippen molar-refractivity contribution in [3.63, 3.8) is 0 Å². The van der Waals surface area contributed by atoms with Gasteiger partial charge in [0.15, 0.2) is 17.2 Å². The fourth-order valence-corrected chi connectivity index (χ4v) is 3.09. The molecule has 0 fully saturated rings. The Morgan fingerprint density at radius 2 is 1.03 bits per heavy atom. The third-order valence-corrected chi connectivity index (χ3v) is 4.68. The normalized spacial score (nSPS) is 10.9. The molecule has 0 spiro atoms. The number of hydrazine groups is 1. The van der Waals surface area contributed by atoms with Gasteiger partial charge in [-0.15, -0.1) is 5.10 Å². The zero-order valence-electron chi connectivity index (χ0n) is 20.2. The molecule has 1 heterocycles. The summed E-state index contributed by atoms with van der Waals surface area (Å²) in [5.74, 6) is -7.45.